The van der Waals surface area contributed by atoms with Crippen LogP contribution in [-0.4, -0.2) is 36.1 Å². The van der Waals surface area contributed by atoms with E-state index in [2.05, 4.69) is 100 Å². The highest BCUT2D eigenvalue weighted by Crippen LogP contribution is 2.24. The molecule has 25 heavy (non-hydrogen) atoms. The van der Waals surface area contributed by atoms with Crippen LogP contribution in [0.15, 0.2) is 85.3 Å². The molecule has 0 fully saturated rings. The number of nitrogens with zero attached hydrogens (tertiary/aromatic N) is 3. The average molecular weight is 331 g/mol. The van der Waals surface area contributed by atoms with E-state index in [-0.39, 0.29) is 0 Å². The lowest BCUT2D eigenvalue weighted by Crippen LogP contribution is -2.28. The zero-order valence-electron chi connectivity index (χ0n) is 14.5. The molecule has 0 spiro atoms. The summed E-state index contributed by atoms with van der Waals surface area (Å²) in [5.74, 6) is 0.543. The van der Waals surface area contributed by atoms with Gasteiger partial charge in [0.15, 0.2) is 0 Å². The first-order valence-corrected chi connectivity index (χ1v) is 9.10. The van der Waals surface area contributed by atoms with Gasteiger partial charge < -0.3 is 14.7 Å². The van der Waals surface area contributed by atoms with Crippen molar-refractivity contribution in [2.45, 2.75) is 12.3 Å². The van der Waals surface area contributed by atoms with Crippen molar-refractivity contribution in [3.63, 3.8) is 0 Å². The van der Waals surface area contributed by atoms with Gasteiger partial charge in [0.05, 0.1) is 6.67 Å². The van der Waals surface area contributed by atoms with Gasteiger partial charge in [-0.2, -0.15) is 0 Å². The summed E-state index contributed by atoms with van der Waals surface area (Å²) in [5.41, 5.74) is 2.68. The maximum atomic E-state index is 2.45. The molecule has 3 heteroatoms. The summed E-state index contributed by atoms with van der Waals surface area (Å²) < 4.78 is 0. The summed E-state index contributed by atoms with van der Waals surface area (Å²) >= 11 is 0. The third-order valence-corrected chi connectivity index (χ3v) is 4.96. The lowest BCUT2D eigenvalue weighted by Gasteiger charge is -2.23. The van der Waals surface area contributed by atoms with E-state index < -0.39 is 0 Å². The van der Waals surface area contributed by atoms with Crippen molar-refractivity contribution in [3.05, 3.63) is 90.9 Å². The van der Waals surface area contributed by atoms with E-state index in [0.29, 0.717) is 5.92 Å². The number of hydrogen-bond donors (Lipinski definition) is 0. The standard InChI is InChI=1S/C22H25N3/c1-3-8-20(9-4-1)21-12-15-23(18-21)13-7-14-24-16-17-25(19-24)22-10-5-2-6-11-22/h1-6,8-12,15-17,21H,7,13-14,18-19H2. The fourth-order valence-electron chi connectivity index (χ4n) is 3.56. The van der Waals surface area contributed by atoms with Crippen molar-refractivity contribution >= 4 is 5.69 Å². The second kappa shape index (κ2) is 7.47. The molecule has 0 amide bonds. The number of rotatable bonds is 6. The van der Waals surface area contributed by atoms with Crippen molar-refractivity contribution in [1.82, 2.24) is 9.80 Å². The van der Waals surface area contributed by atoms with E-state index in [1.807, 2.05) is 0 Å². The second-order valence-electron chi connectivity index (χ2n) is 6.76. The normalized spacial score (nSPS) is 19.2. The van der Waals surface area contributed by atoms with Crippen LogP contribution < -0.4 is 4.90 Å². The van der Waals surface area contributed by atoms with E-state index in [4.69, 9.17) is 0 Å². The summed E-state index contributed by atoms with van der Waals surface area (Å²) in [4.78, 5) is 7.13. The van der Waals surface area contributed by atoms with Crippen molar-refractivity contribution < 1.29 is 0 Å². The first-order chi connectivity index (χ1) is 12.4. The quantitative estimate of drug-likeness (QED) is 0.784. The van der Waals surface area contributed by atoms with Crippen molar-refractivity contribution in [2.24, 2.45) is 0 Å². The van der Waals surface area contributed by atoms with Crippen molar-refractivity contribution in [1.29, 1.82) is 0 Å². The van der Waals surface area contributed by atoms with E-state index in [0.717, 1.165) is 26.3 Å². The van der Waals surface area contributed by atoms with Crippen LogP contribution in [0, 0.1) is 0 Å². The molecule has 0 aromatic heterocycles. The van der Waals surface area contributed by atoms with E-state index in [1.54, 1.807) is 0 Å². The highest BCUT2D eigenvalue weighted by Gasteiger charge is 2.18. The van der Waals surface area contributed by atoms with Crippen LogP contribution in [0.4, 0.5) is 5.69 Å². The largest absolute Gasteiger partial charge is 0.377 e. The monoisotopic (exact) mass is 331 g/mol. The Kier molecular flexibility index (Phi) is 4.73. The van der Waals surface area contributed by atoms with Gasteiger partial charge in [0, 0.05) is 43.6 Å². The number of benzene rings is 2. The molecule has 3 nitrogen and oxygen atoms in total. The fourth-order valence-corrected chi connectivity index (χ4v) is 3.56. The Morgan fingerprint density at radius 1 is 0.760 bits per heavy atom. The van der Waals surface area contributed by atoms with Gasteiger partial charge in [-0.15, -0.1) is 0 Å². The molecule has 2 aliphatic heterocycles. The van der Waals surface area contributed by atoms with Gasteiger partial charge in [0.25, 0.3) is 0 Å². The lowest BCUT2D eigenvalue weighted by atomic mass is 10.0. The Labute approximate surface area is 150 Å². The molecule has 1 unspecified atom stereocenters. The first kappa shape index (κ1) is 15.8. The van der Waals surface area contributed by atoms with Gasteiger partial charge >= 0.3 is 0 Å². The predicted octanol–water partition coefficient (Wildman–Crippen LogP) is 4.24. The molecule has 4 rings (SSSR count). The van der Waals surface area contributed by atoms with Gasteiger partial charge in [0.1, 0.15) is 0 Å². The molecule has 128 valence electrons. The predicted molar refractivity (Wildman–Crippen MR) is 104 cm³/mol. The first-order valence-electron chi connectivity index (χ1n) is 9.10. The summed E-state index contributed by atoms with van der Waals surface area (Å²) in [6.07, 6.45) is 10.2. The van der Waals surface area contributed by atoms with Gasteiger partial charge in [-0.25, -0.2) is 0 Å². The molecule has 0 N–H and O–H groups in total. The minimum atomic E-state index is 0.543. The lowest BCUT2D eigenvalue weighted by molar-refractivity contribution is 0.335. The summed E-state index contributed by atoms with van der Waals surface area (Å²) in [7, 11) is 0. The van der Waals surface area contributed by atoms with Crippen molar-refractivity contribution in [2.75, 3.05) is 31.2 Å². The zero-order chi connectivity index (χ0) is 16.9. The Balaban J connectivity index is 1.20. The minimum Gasteiger partial charge on any atom is -0.377 e. The summed E-state index contributed by atoms with van der Waals surface area (Å²) in [5, 5.41) is 0. The summed E-state index contributed by atoms with van der Waals surface area (Å²) in [6, 6.07) is 21.4. The maximum absolute atomic E-state index is 2.45. The Morgan fingerprint density at radius 2 is 1.48 bits per heavy atom. The van der Waals surface area contributed by atoms with E-state index in [9.17, 15) is 0 Å². The van der Waals surface area contributed by atoms with Crippen LogP contribution in [0.3, 0.4) is 0 Å². The number of anilines is 1. The molecule has 0 saturated heterocycles. The Hall–Kier alpha value is -2.68. The molecule has 2 heterocycles. The highest BCUT2D eigenvalue weighted by molar-refractivity contribution is 5.49. The Morgan fingerprint density at radius 3 is 2.28 bits per heavy atom. The fraction of sp³-hybridized carbons (Fsp3) is 0.273. The topological polar surface area (TPSA) is 9.72 Å². The van der Waals surface area contributed by atoms with Gasteiger partial charge in [-0.1, -0.05) is 54.6 Å². The van der Waals surface area contributed by atoms with Crippen molar-refractivity contribution in [3.8, 4) is 0 Å². The number of hydrogen-bond acceptors (Lipinski definition) is 3. The van der Waals surface area contributed by atoms with Gasteiger partial charge in [-0.05, 0) is 30.3 Å². The maximum Gasteiger partial charge on any atom is 0.0941 e. The van der Waals surface area contributed by atoms with Crippen LogP contribution in [0.2, 0.25) is 0 Å². The van der Waals surface area contributed by atoms with Crippen LogP contribution in [-0.2, 0) is 0 Å². The second-order valence-corrected chi connectivity index (χ2v) is 6.76. The average Bonchev–Trinajstić information content (AvgIpc) is 3.33. The molecule has 2 aromatic carbocycles. The highest BCUT2D eigenvalue weighted by atomic mass is 15.3. The molecule has 2 aromatic rings. The number of para-hydroxylation sites is 1. The summed E-state index contributed by atoms with van der Waals surface area (Å²) in [6.45, 7) is 4.28. The molecule has 0 bridgehead atoms. The van der Waals surface area contributed by atoms with Gasteiger partial charge in [-0.3, -0.25) is 0 Å². The third kappa shape index (κ3) is 3.87. The van der Waals surface area contributed by atoms with Crippen LogP contribution >= 0.6 is 0 Å². The molecule has 2 aliphatic rings. The van der Waals surface area contributed by atoms with Crippen LogP contribution in [0.5, 0.6) is 0 Å². The molecule has 1 atom stereocenters. The molecular formula is C22H25N3. The third-order valence-electron chi connectivity index (χ3n) is 4.96. The van der Waals surface area contributed by atoms with Gasteiger partial charge in [0.2, 0.25) is 0 Å². The Bertz CT molecular complexity index is 660. The van der Waals surface area contributed by atoms with Crippen LogP contribution in [0.25, 0.3) is 0 Å². The van der Waals surface area contributed by atoms with E-state index >= 15 is 0 Å². The minimum absolute atomic E-state index is 0.543. The molecular weight excluding hydrogens is 306 g/mol. The molecule has 0 saturated carbocycles. The molecule has 0 aliphatic carbocycles. The molecule has 0 radical (unpaired) electrons. The SMILES string of the molecule is C1=CN(CCCN2C=CN(c3ccccc3)C2)CC1c1ccccc1. The van der Waals surface area contributed by atoms with E-state index in [1.165, 1.54) is 17.7 Å². The zero-order valence-corrected chi connectivity index (χ0v) is 14.5. The van der Waals surface area contributed by atoms with Crippen LogP contribution in [0.1, 0.15) is 17.9 Å². The smallest absolute Gasteiger partial charge is 0.0941 e.